The van der Waals surface area contributed by atoms with Gasteiger partial charge in [0.1, 0.15) is 0 Å². The molecule has 0 aliphatic rings. The van der Waals surface area contributed by atoms with Gasteiger partial charge >= 0.3 is 0 Å². The average molecular weight is 224 g/mol. The lowest BCUT2D eigenvalue weighted by molar-refractivity contribution is 0.122. The van der Waals surface area contributed by atoms with E-state index in [2.05, 4.69) is 10.0 Å². The van der Waals surface area contributed by atoms with Crippen molar-refractivity contribution in [1.29, 1.82) is 0 Å². The zero-order valence-corrected chi connectivity index (χ0v) is 9.86. The average Bonchev–Trinajstić information content (AvgIpc) is 2.14. The van der Waals surface area contributed by atoms with E-state index in [0.29, 0.717) is 19.5 Å². The number of sulfonamides is 1. The van der Waals surface area contributed by atoms with Gasteiger partial charge in [-0.3, -0.25) is 0 Å². The molecule has 0 aromatic carbocycles. The molecule has 0 saturated heterocycles. The van der Waals surface area contributed by atoms with E-state index in [0.717, 1.165) is 0 Å². The summed E-state index contributed by atoms with van der Waals surface area (Å²) in [5, 5.41) is 2.90. The number of hydrogen-bond donors (Lipinski definition) is 2. The molecule has 0 bridgehead atoms. The number of hydrogen-bond acceptors (Lipinski definition) is 4. The Kier molecular flexibility index (Phi) is 7.08. The molecular weight excluding hydrogens is 204 g/mol. The molecule has 0 aromatic heterocycles. The van der Waals surface area contributed by atoms with Crippen molar-refractivity contribution in [2.24, 2.45) is 0 Å². The van der Waals surface area contributed by atoms with Crippen LogP contribution < -0.4 is 10.0 Å². The summed E-state index contributed by atoms with van der Waals surface area (Å²) in [5.74, 6) is 0.157. The lowest BCUT2D eigenvalue weighted by Crippen LogP contribution is -2.33. The summed E-state index contributed by atoms with van der Waals surface area (Å²) >= 11 is 0. The van der Waals surface area contributed by atoms with Crippen LogP contribution in [0.2, 0.25) is 0 Å². The predicted octanol–water partition coefficient (Wildman–Crippen LogP) is -0.450. The third-order valence-electron chi connectivity index (χ3n) is 1.83. The Morgan fingerprint density at radius 2 is 2.07 bits per heavy atom. The van der Waals surface area contributed by atoms with Gasteiger partial charge in [-0.25, -0.2) is 13.1 Å². The zero-order chi connectivity index (χ0) is 11.0. The molecule has 5 nitrogen and oxygen atoms in total. The van der Waals surface area contributed by atoms with Crippen molar-refractivity contribution in [3.63, 3.8) is 0 Å². The van der Waals surface area contributed by atoms with Gasteiger partial charge in [-0.05, 0) is 26.9 Å². The van der Waals surface area contributed by atoms with E-state index < -0.39 is 10.0 Å². The maximum atomic E-state index is 11.3. The Morgan fingerprint density at radius 3 is 2.57 bits per heavy atom. The Balaban J connectivity index is 3.73. The highest BCUT2D eigenvalue weighted by molar-refractivity contribution is 7.89. The van der Waals surface area contributed by atoms with E-state index in [1.54, 1.807) is 14.2 Å². The molecule has 1 unspecified atom stereocenters. The second kappa shape index (κ2) is 7.17. The van der Waals surface area contributed by atoms with Gasteiger partial charge in [-0.15, -0.1) is 0 Å². The fourth-order valence-electron chi connectivity index (χ4n) is 0.839. The molecule has 6 heteroatoms. The van der Waals surface area contributed by atoms with Crippen molar-refractivity contribution in [2.75, 3.05) is 33.0 Å². The summed E-state index contributed by atoms with van der Waals surface area (Å²) in [6.07, 6.45) is 0.529. The maximum absolute atomic E-state index is 11.3. The number of ether oxygens (including phenoxy) is 1. The van der Waals surface area contributed by atoms with E-state index in [1.807, 2.05) is 6.92 Å². The molecule has 0 spiro atoms. The molecule has 86 valence electrons. The smallest absolute Gasteiger partial charge is 0.211 e. The van der Waals surface area contributed by atoms with Gasteiger partial charge < -0.3 is 10.1 Å². The van der Waals surface area contributed by atoms with E-state index in [4.69, 9.17) is 4.74 Å². The third kappa shape index (κ3) is 7.25. The quantitative estimate of drug-likeness (QED) is 0.548. The van der Waals surface area contributed by atoms with E-state index in [9.17, 15) is 8.42 Å². The molecule has 14 heavy (non-hydrogen) atoms. The molecule has 0 radical (unpaired) electrons. The van der Waals surface area contributed by atoms with Crippen molar-refractivity contribution in [2.45, 2.75) is 19.4 Å². The van der Waals surface area contributed by atoms with Gasteiger partial charge in [-0.1, -0.05) is 0 Å². The molecule has 0 saturated carbocycles. The molecule has 0 heterocycles. The van der Waals surface area contributed by atoms with E-state index >= 15 is 0 Å². The first kappa shape index (κ1) is 13.8. The number of nitrogens with one attached hydrogen (secondary N) is 2. The third-order valence-corrected chi connectivity index (χ3v) is 3.27. The van der Waals surface area contributed by atoms with Gasteiger partial charge in [0.05, 0.1) is 11.9 Å². The van der Waals surface area contributed by atoms with Gasteiger partial charge in [0.25, 0.3) is 0 Å². The lowest BCUT2D eigenvalue weighted by atomic mass is 10.4. The van der Waals surface area contributed by atoms with Crippen LogP contribution in [0.15, 0.2) is 0 Å². The molecule has 0 aliphatic heterocycles. The summed E-state index contributed by atoms with van der Waals surface area (Å²) in [6.45, 7) is 2.86. The van der Waals surface area contributed by atoms with Crippen LogP contribution in [-0.2, 0) is 14.8 Å². The second-order valence-electron chi connectivity index (χ2n) is 3.17. The van der Waals surface area contributed by atoms with Crippen molar-refractivity contribution >= 4 is 10.0 Å². The molecule has 0 fully saturated rings. The summed E-state index contributed by atoms with van der Waals surface area (Å²) in [6, 6.07) is 0. The Morgan fingerprint density at radius 1 is 1.43 bits per heavy atom. The molecule has 1 atom stereocenters. The maximum Gasteiger partial charge on any atom is 0.211 e. The van der Waals surface area contributed by atoms with E-state index in [1.165, 1.54) is 0 Å². The van der Waals surface area contributed by atoms with Crippen molar-refractivity contribution < 1.29 is 13.2 Å². The van der Waals surface area contributed by atoms with Crippen LogP contribution in [0.4, 0.5) is 0 Å². The highest BCUT2D eigenvalue weighted by Crippen LogP contribution is 1.91. The van der Waals surface area contributed by atoms with Crippen molar-refractivity contribution in [1.82, 2.24) is 10.0 Å². The summed E-state index contributed by atoms with van der Waals surface area (Å²) in [7, 11) is 0.225. The van der Waals surface area contributed by atoms with Gasteiger partial charge in [-0.2, -0.15) is 0 Å². The molecule has 0 aliphatic carbocycles. The minimum atomic E-state index is -3.13. The minimum absolute atomic E-state index is 0.0888. The second-order valence-corrected chi connectivity index (χ2v) is 5.10. The molecular formula is C8H20N2O3S. The summed E-state index contributed by atoms with van der Waals surface area (Å²) < 4.78 is 30.1. The van der Waals surface area contributed by atoms with Crippen LogP contribution in [-0.4, -0.2) is 47.5 Å². The molecule has 0 amide bonds. The van der Waals surface area contributed by atoms with Gasteiger partial charge in [0, 0.05) is 13.7 Å². The van der Waals surface area contributed by atoms with Crippen molar-refractivity contribution in [3.05, 3.63) is 0 Å². The van der Waals surface area contributed by atoms with E-state index in [-0.39, 0.29) is 11.9 Å². The lowest BCUT2D eigenvalue weighted by Gasteiger charge is -2.11. The minimum Gasteiger partial charge on any atom is -0.380 e. The first-order chi connectivity index (χ1) is 6.52. The zero-order valence-electron chi connectivity index (χ0n) is 9.04. The fourth-order valence-corrected chi connectivity index (χ4v) is 2.00. The largest absolute Gasteiger partial charge is 0.380 e. The monoisotopic (exact) mass is 224 g/mol. The van der Waals surface area contributed by atoms with Crippen LogP contribution in [0.1, 0.15) is 13.3 Å². The van der Waals surface area contributed by atoms with Gasteiger partial charge in [0.15, 0.2) is 0 Å². The fraction of sp³-hybridized carbons (Fsp3) is 1.00. The first-order valence-corrected chi connectivity index (χ1v) is 6.32. The highest BCUT2D eigenvalue weighted by Gasteiger charge is 2.10. The standard InChI is InChI=1S/C8H20N2O3S/c1-8(13-3)7-10-14(11,12)6-4-5-9-2/h8-10H,4-7H2,1-3H3. The van der Waals surface area contributed by atoms with Crippen LogP contribution >= 0.6 is 0 Å². The van der Waals surface area contributed by atoms with Crippen molar-refractivity contribution in [3.8, 4) is 0 Å². The highest BCUT2D eigenvalue weighted by atomic mass is 32.2. The Labute approximate surface area is 86.3 Å². The van der Waals surface area contributed by atoms with Crippen LogP contribution in [0.25, 0.3) is 0 Å². The number of methoxy groups -OCH3 is 1. The van der Waals surface area contributed by atoms with Crippen LogP contribution in [0.5, 0.6) is 0 Å². The molecule has 0 aromatic rings. The predicted molar refractivity (Wildman–Crippen MR) is 56.8 cm³/mol. The van der Waals surface area contributed by atoms with Crippen LogP contribution in [0.3, 0.4) is 0 Å². The Hall–Kier alpha value is -0.170. The molecule has 2 N–H and O–H groups in total. The number of rotatable bonds is 8. The first-order valence-electron chi connectivity index (χ1n) is 4.66. The summed E-state index contributed by atoms with van der Waals surface area (Å²) in [4.78, 5) is 0. The van der Waals surface area contributed by atoms with Gasteiger partial charge in [0.2, 0.25) is 10.0 Å². The van der Waals surface area contributed by atoms with Crippen LogP contribution in [0, 0.1) is 0 Å². The molecule has 0 rings (SSSR count). The SMILES string of the molecule is CNCCCS(=O)(=O)NCC(C)OC. The summed E-state index contributed by atoms with van der Waals surface area (Å²) in [5.41, 5.74) is 0. The topological polar surface area (TPSA) is 67.4 Å². The normalized spacial score (nSPS) is 14.2. The Bertz CT molecular complexity index is 229.